The highest BCUT2D eigenvalue weighted by molar-refractivity contribution is 7.98. The highest BCUT2D eigenvalue weighted by Gasteiger charge is 2.23. The average molecular weight is 350 g/mol. The Labute approximate surface area is 145 Å². The molecule has 0 radical (unpaired) electrons. The fourth-order valence-corrected chi connectivity index (χ4v) is 3.05. The number of rotatable bonds is 7. The number of primary amides is 1. The van der Waals surface area contributed by atoms with Gasteiger partial charge < -0.3 is 21.3 Å². The van der Waals surface area contributed by atoms with Crippen molar-refractivity contribution in [3.8, 4) is 0 Å². The number of hydrogen-bond acceptors (Lipinski definition) is 4. The summed E-state index contributed by atoms with van der Waals surface area (Å²) in [5.41, 5.74) is 6.48. The third-order valence-corrected chi connectivity index (χ3v) is 4.39. The van der Waals surface area contributed by atoms with Gasteiger partial charge in [0.15, 0.2) is 0 Å². The molecule has 4 amide bonds. The first-order valence-electron chi connectivity index (χ1n) is 7.77. The van der Waals surface area contributed by atoms with E-state index in [4.69, 9.17) is 5.73 Å². The van der Waals surface area contributed by atoms with Gasteiger partial charge >= 0.3 is 6.03 Å². The van der Waals surface area contributed by atoms with Crippen LogP contribution in [0, 0.1) is 0 Å². The van der Waals surface area contributed by atoms with E-state index in [1.807, 2.05) is 12.3 Å². The van der Waals surface area contributed by atoms with Crippen LogP contribution < -0.4 is 21.3 Å². The van der Waals surface area contributed by atoms with Crippen molar-refractivity contribution in [2.45, 2.75) is 25.3 Å². The van der Waals surface area contributed by atoms with Crippen LogP contribution in [0.25, 0.3) is 0 Å². The Hall–Kier alpha value is -2.22. The van der Waals surface area contributed by atoms with Gasteiger partial charge in [-0.2, -0.15) is 11.8 Å². The van der Waals surface area contributed by atoms with Gasteiger partial charge in [0.1, 0.15) is 6.04 Å². The summed E-state index contributed by atoms with van der Waals surface area (Å²) in [5, 5.41) is 5.24. The lowest BCUT2D eigenvalue weighted by atomic mass is 10.2. The van der Waals surface area contributed by atoms with E-state index in [-0.39, 0.29) is 11.8 Å². The Morgan fingerprint density at radius 3 is 2.83 bits per heavy atom. The molecule has 0 saturated carbocycles. The minimum absolute atomic E-state index is 0.0896. The number of nitrogens with two attached hydrogens (primary N) is 1. The van der Waals surface area contributed by atoms with E-state index < -0.39 is 12.1 Å². The smallest absolute Gasteiger partial charge is 0.312 e. The van der Waals surface area contributed by atoms with Gasteiger partial charge in [0.2, 0.25) is 11.8 Å². The van der Waals surface area contributed by atoms with E-state index in [1.54, 1.807) is 34.9 Å². The Morgan fingerprint density at radius 1 is 1.42 bits per heavy atom. The van der Waals surface area contributed by atoms with Crippen LogP contribution in [0.4, 0.5) is 16.2 Å². The van der Waals surface area contributed by atoms with Crippen molar-refractivity contribution >= 4 is 41.0 Å². The number of amides is 4. The molecule has 1 saturated heterocycles. The summed E-state index contributed by atoms with van der Waals surface area (Å²) in [6.07, 6.45) is 3.81. The number of anilines is 2. The quantitative estimate of drug-likeness (QED) is 0.694. The first-order chi connectivity index (χ1) is 11.5. The molecule has 0 aromatic heterocycles. The van der Waals surface area contributed by atoms with Crippen LogP contribution >= 0.6 is 11.8 Å². The van der Waals surface area contributed by atoms with Gasteiger partial charge in [-0.05, 0) is 43.0 Å². The van der Waals surface area contributed by atoms with Crippen LogP contribution in [0.1, 0.15) is 19.3 Å². The molecule has 0 spiro atoms. The van der Waals surface area contributed by atoms with Crippen molar-refractivity contribution in [3.63, 3.8) is 0 Å². The molecule has 7 nitrogen and oxygen atoms in total. The number of nitrogens with one attached hydrogen (secondary N) is 2. The molecule has 130 valence electrons. The normalized spacial score (nSPS) is 15.2. The van der Waals surface area contributed by atoms with E-state index >= 15 is 0 Å². The van der Waals surface area contributed by atoms with Crippen LogP contribution in [-0.4, -0.2) is 42.4 Å². The molecule has 0 aliphatic carbocycles. The van der Waals surface area contributed by atoms with Crippen LogP contribution in [-0.2, 0) is 9.59 Å². The number of thioether (sulfide) groups is 1. The fourth-order valence-electron chi connectivity index (χ4n) is 2.58. The van der Waals surface area contributed by atoms with Crippen LogP contribution in [0.2, 0.25) is 0 Å². The van der Waals surface area contributed by atoms with E-state index in [0.29, 0.717) is 25.1 Å². The molecule has 1 heterocycles. The van der Waals surface area contributed by atoms with Gasteiger partial charge in [-0.15, -0.1) is 0 Å². The summed E-state index contributed by atoms with van der Waals surface area (Å²) in [6, 6.07) is 5.72. The number of hydrogen-bond donors (Lipinski definition) is 3. The summed E-state index contributed by atoms with van der Waals surface area (Å²) in [4.78, 5) is 37.0. The summed E-state index contributed by atoms with van der Waals surface area (Å²) in [6.45, 7) is 0.690. The maximum Gasteiger partial charge on any atom is 0.312 e. The van der Waals surface area contributed by atoms with Crippen LogP contribution in [0.15, 0.2) is 24.3 Å². The van der Waals surface area contributed by atoms with E-state index in [0.717, 1.165) is 17.9 Å². The van der Waals surface area contributed by atoms with Crippen LogP contribution in [0.3, 0.4) is 0 Å². The first-order valence-corrected chi connectivity index (χ1v) is 9.17. The maximum absolute atomic E-state index is 12.4. The second-order valence-corrected chi connectivity index (χ2v) is 6.52. The third-order valence-electron chi connectivity index (χ3n) is 3.74. The molecule has 8 heteroatoms. The predicted molar refractivity (Wildman–Crippen MR) is 96.2 cm³/mol. The molecule has 1 fully saturated rings. The SMILES string of the molecule is CSCC[C@H](NC(N)=O)C(=O)Nc1cccc(N2CCCC2=O)c1. The molecule has 1 atom stereocenters. The molecule has 1 aliphatic heterocycles. The molecule has 1 aliphatic rings. The van der Waals surface area contributed by atoms with E-state index in [1.165, 1.54) is 0 Å². The second-order valence-electron chi connectivity index (χ2n) is 5.53. The van der Waals surface area contributed by atoms with Gasteiger partial charge in [-0.3, -0.25) is 9.59 Å². The zero-order valence-electron chi connectivity index (χ0n) is 13.6. The van der Waals surface area contributed by atoms with Crippen molar-refractivity contribution in [3.05, 3.63) is 24.3 Å². The molecule has 2 rings (SSSR count). The van der Waals surface area contributed by atoms with Crippen molar-refractivity contribution < 1.29 is 14.4 Å². The molecular weight excluding hydrogens is 328 g/mol. The predicted octanol–water partition coefficient (Wildman–Crippen LogP) is 1.54. The minimum atomic E-state index is -0.729. The Balaban J connectivity index is 2.06. The molecule has 0 bridgehead atoms. The fraction of sp³-hybridized carbons (Fsp3) is 0.438. The summed E-state index contributed by atoms with van der Waals surface area (Å²) >= 11 is 1.58. The second kappa shape index (κ2) is 8.58. The summed E-state index contributed by atoms with van der Waals surface area (Å²) < 4.78 is 0. The number of carbonyl (C=O) groups excluding carboxylic acids is 3. The number of benzene rings is 1. The molecule has 1 aromatic rings. The average Bonchev–Trinajstić information content (AvgIpc) is 2.97. The largest absolute Gasteiger partial charge is 0.352 e. The number of urea groups is 1. The third kappa shape index (κ3) is 4.89. The van der Waals surface area contributed by atoms with E-state index in [9.17, 15) is 14.4 Å². The number of carbonyl (C=O) groups is 3. The minimum Gasteiger partial charge on any atom is -0.352 e. The first kappa shape index (κ1) is 18.1. The lowest BCUT2D eigenvalue weighted by Gasteiger charge is -2.19. The van der Waals surface area contributed by atoms with Crippen LogP contribution in [0.5, 0.6) is 0 Å². The van der Waals surface area contributed by atoms with Crippen molar-refractivity contribution in [1.29, 1.82) is 0 Å². The Morgan fingerprint density at radius 2 is 2.21 bits per heavy atom. The van der Waals surface area contributed by atoms with Gasteiger partial charge in [0.25, 0.3) is 0 Å². The summed E-state index contributed by atoms with van der Waals surface area (Å²) in [7, 11) is 0. The van der Waals surface area contributed by atoms with Crippen molar-refractivity contribution in [2.24, 2.45) is 5.73 Å². The topological polar surface area (TPSA) is 105 Å². The Kier molecular flexibility index (Phi) is 6.48. The molecule has 24 heavy (non-hydrogen) atoms. The molecule has 0 unspecified atom stereocenters. The standard InChI is InChI=1S/C16H22N4O3S/c1-24-9-7-13(19-16(17)23)15(22)18-11-4-2-5-12(10-11)20-8-3-6-14(20)21/h2,4-5,10,13H,3,6-9H2,1H3,(H,18,22)(H3,17,19,23)/t13-/m0/s1. The zero-order valence-corrected chi connectivity index (χ0v) is 14.4. The van der Waals surface area contributed by atoms with Crippen molar-refractivity contribution in [2.75, 3.05) is 28.8 Å². The number of nitrogens with zero attached hydrogens (tertiary/aromatic N) is 1. The monoisotopic (exact) mass is 350 g/mol. The van der Waals surface area contributed by atoms with Crippen molar-refractivity contribution in [1.82, 2.24) is 5.32 Å². The Bertz CT molecular complexity index is 623. The maximum atomic E-state index is 12.4. The molecule has 4 N–H and O–H groups in total. The van der Waals surface area contributed by atoms with Gasteiger partial charge in [0.05, 0.1) is 0 Å². The zero-order chi connectivity index (χ0) is 17.5. The lowest BCUT2D eigenvalue weighted by molar-refractivity contribution is -0.118. The van der Waals surface area contributed by atoms with E-state index in [2.05, 4.69) is 10.6 Å². The lowest BCUT2D eigenvalue weighted by Crippen LogP contribution is -2.46. The molecular formula is C16H22N4O3S. The molecule has 1 aromatic carbocycles. The van der Waals surface area contributed by atoms with Gasteiger partial charge in [0, 0.05) is 24.3 Å². The highest BCUT2D eigenvalue weighted by Crippen LogP contribution is 2.24. The van der Waals surface area contributed by atoms with Gasteiger partial charge in [-0.1, -0.05) is 6.07 Å². The highest BCUT2D eigenvalue weighted by atomic mass is 32.2. The van der Waals surface area contributed by atoms with Gasteiger partial charge in [-0.25, -0.2) is 4.79 Å². The summed E-state index contributed by atoms with van der Waals surface area (Å²) in [5.74, 6) is 0.486.